The number of nitrogens with zero attached hydrogens (tertiary/aromatic N) is 1. The smallest absolute Gasteiger partial charge is 0.161 e. The summed E-state index contributed by atoms with van der Waals surface area (Å²) < 4.78 is 18.9. The maximum Gasteiger partial charge on any atom is 0.161 e. The number of amidine groups is 1. The normalized spacial score (nSPS) is 18.2. The number of benzene rings is 1. The minimum Gasteiger partial charge on any atom is -0.497 e. The Morgan fingerprint density at radius 1 is 1.45 bits per heavy atom. The van der Waals surface area contributed by atoms with Gasteiger partial charge in [-0.15, -0.1) is 0 Å². The number of nitrogens with one attached hydrogen (secondary N) is 1. The van der Waals surface area contributed by atoms with Crippen molar-refractivity contribution >= 4 is 22.6 Å². The van der Waals surface area contributed by atoms with Crippen molar-refractivity contribution < 1.29 is 9.13 Å². The van der Waals surface area contributed by atoms with E-state index in [2.05, 4.69) is 24.2 Å². The van der Waals surface area contributed by atoms with Crippen LogP contribution in [0.1, 0.15) is 26.7 Å². The van der Waals surface area contributed by atoms with Crippen LogP contribution in [-0.2, 0) is 0 Å². The summed E-state index contributed by atoms with van der Waals surface area (Å²) in [7, 11) is 1.57. The van der Waals surface area contributed by atoms with Crippen LogP contribution in [0.5, 0.6) is 5.75 Å². The molecule has 0 aliphatic carbocycles. The fourth-order valence-corrected chi connectivity index (χ4v) is 3.69. The first-order chi connectivity index (χ1) is 9.67. The fourth-order valence-electron chi connectivity index (χ4n) is 2.36. The Balaban J connectivity index is 2.02. The van der Waals surface area contributed by atoms with Gasteiger partial charge in [-0.05, 0) is 18.1 Å². The van der Waals surface area contributed by atoms with Crippen molar-refractivity contribution in [2.24, 2.45) is 10.9 Å². The lowest BCUT2D eigenvalue weighted by Crippen LogP contribution is -2.17. The van der Waals surface area contributed by atoms with Crippen molar-refractivity contribution in [3.8, 4) is 5.75 Å². The summed E-state index contributed by atoms with van der Waals surface area (Å²) in [6.45, 7) is 5.23. The van der Waals surface area contributed by atoms with E-state index in [9.17, 15) is 4.39 Å². The van der Waals surface area contributed by atoms with Gasteiger partial charge in [0, 0.05) is 11.3 Å². The Morgan fingerprint density at radius 2 is 2.20 bits per heavy atom. The van der Waals surface area contributed by atoms with Gasteiger partial charge in [-0.3, -0.25) is 4.99 Å². The highest BCUT2D eigenvalue weighted by Crippen LogP contribution is 2.32. The molecular formula is C15H21FN2OS. The zero-order chi connectivity index (χ0) is 14.5. The zero-order valence-corrected chi connectivity index (χ0v) is 13.0. The van der Waals surface area contributed by atoms with E-state index >= 15 is 0 Å². The van der Waals surface area contributed by atoms with Crippen molar-refractivity contribution in [2.45, 2.75) is 31.9 Å². The zero-order valence-electron chi connectivity index (χ0n) is 12.1. The van der Waals surface area contributed by atoms with Gasteiger partial charge in [-0.2, -0.15) is 0 Å². The molecule has 0 spiro atoms. The highest BCUT2D eigenvalue weighted by Gasteiger charge is 2.26. The van der Waals surface area contributed by atoms with Gasteiger partial charge in [0.15, 0.2) is 5.17 Å². The molecule has 1 aliphatic heterocycles. The van der Waals surface area contributed by atoms with E-state index in [0.717, 1.165) is 24.6 Å². The number of anilines is 1. The van der Waals surface area contributed by atoms with E-state index in [0.29, 0.717) is 22.6 Å². The molecule has 110 valence electrons. The Kier molecular flexibility index (Phi) is 5.29. The molecule has 1 unspecified atom stereocenters. The lowest BCUT2D eigenvalue weighted by Gasteiger charge is -2.18. The Bertz CT molecular complexity index is 489. The van der Waals surface area contributed by atoms with E-state index in [-0.39, 0.29) is 5.82 Å². The lowest BCUT2D eigenvalue weighted by molar-refractivity contribution is 0.414. The van der Waals surface area contributed by atoms with Gasteiger partial charge in [-0.1, -0.05) is 38.5 Å². The van der Waals surface area contributed by atoms with Crippen LogP contribution in [-0.4, -0.2) is 24.1 Å². The fraction of sp³-hybridized carbons (Fsp3) is 0.533. The molecule has 1 aliphatic rings. The molecule has 1 aromatic carbocycles. The summed E-state index contributed by atoms with van der Waals surface area (Å²) in [5.41, 5.74) is 0.417. The van der Waals surface area contributed by atoms with Gasteiger partial charge in [0.1, 0.15) is 11.6 Å². The molecule has 1 heterocycles. The summed E-state index contributed by atoms with van der Waals surface area (Å²) in [5.74, 6) is 1.01. The summed E-state index contributed by atoms with van der Waals surface area (Å²) in [6, 6.07) is 4.67. The average Bonchev–Trinajstić information content (AvgIpc) is 2.91. The first-order valence-electron chi connectivity index (χ1n) is 6.99. The molecule has 1 N–H and O–H groups in total. The van der Waals surface area contributed by atoms with Crippen LogP contribution in [0.3, 0.4) is 0 Å². The lowest BCUT2D eigenvalue weighted by atomic mass is 9.99. The van der Waals surface area contributed by atoms with Crippen LogP contribution in [0, 0.1) is 11.7 Å². The Hall–Kier alpha value is -1.23. The van der Waals surface area contributed by atoms with E-state index in [4.69, 9.17) is 4.74 Å². The second kappa shape index (κ2) is 6.97. The minimum absolute atomic E-state index is 0.292. The van der Waals surface area contributed by atoms with Crippen LogP contribution >= 0.6 is 11.8 Å². The molecule has 0 bridgehead atoms. The van der Waals surface area contributed by atoms with Gasteiger partial charge < -0.3 is 10.1 Å². The first-order valence-corrected chi connectivity index (χ1v) is 7.87. The van der Waals surface area contributed by atoms with Gasteiger partial charge in [0.25, 0.3) is 0 Å². The molecule has 2 rings (SSSR count). The maximum absolute atomic E-state index is 13.8. The summed E-state index contributed by atoms with van der Waals surface area (Å²) in [4.78, 5) is 4.49. The molecule has 0 radical (unpaired) electrons. The van der Waals surface area contributed by atoms with Crippen LogP contribution in [0.25, 0.3) is 0 Å². The van der Waals surface area contributed by atoms with Crippen molar-refractivity contribution in [3.63, 3.8) is 0 Å². The molecule has 0 amide bonds. The first kappa shape index (κ1) is 15.2. The molecule has 3 nitrogen and oxygen atoms in total. The third kappa shape index (κ3) is 3.45. The van der Waals surface area contributed by atoms with Crippen molar-refractivity contribution in [2.75, 3.05) is 19.0 Å². The van der Waals surface area contributed by atoms with E-state index in [1.165, 1.54) is 6.07 Å². The minimum atomic E-state index is -0.292. The third-order valence-corrected chi connectivity index (χ3v) is 4.96. The number of ether oxygens (including phenoxy) is 1. The molecule has 1 atom stereocenters. The molecule has 1 aromatic rings. The highest BCUT2D eigenvalue weighted by molar-refractivity contribution is 8.15. The van der Waals surface area contributed by atoms with Gasteiger partial charge in [0.05, 0.1) is 19.3 Å². The monoisotopic (exact) mass is 296 g/mol. The molecule has 20 heavy (non-hydrogen) atoms. The highest BCUT2D eigenvalue weighted by atomic mass is 32.2. The topological polar surface area (TPSA) is 33.6 Å². The maximum atomic E-state index is 13.8. The number of rotatable bonds is 5. The number of hydrogen-bond acceptors (Lipinski definition) is 4. The van der Waals surface area contributed by atoms with Gasteiger partial charge >= 0.3 is 0 Å². The molecule has 5 heteroatoms. The van der Waals surface area contributed by atoms with Gasteiger partial charge in [-0.25, -0.2) is 4.39 Å². The summed E-state index contributed by atoms with van der Waals surface area (Å²) in [6.07, 6.45) is 2.31. The van der Waals surface area contributed by atoms with E-state index in [1.54, 1.807) is 31.0 Å². The van der Waals surface area contributed by atoms with Crippen molar-refractivity contribution in [1.29, 1.82) is 0 Å². The number of methoxy groups -OCH3 is 1. The van der Waals surface area contributed by atoms with Crippen LogP contribution in [0.2, 0.25) is 0 Å². The number of halogens is 1. The molecule has 0 fully saturated rings. The number of aliphatic imine (C=N–C) groups is 1. The van der Waals surface area contributed by atoms with Crippen molar-refractivity contribution in [1.82, 2.24) is 0 Å². The predicted molar refractivity (Wildman–Crippen MR) is 84.3 cm³/mol. The van der Waals surface area contributed by atoms with Crippen LogP contribution < -0.4 is 10.1 Å². The number of thioether (sulfide) groups is 1. The summed E-state index contributed by atoms with van der Waals surface area (Å²) in [5, 5.41) is 4.38. The van der Waals surface area contributed by atoms with E-state index < -0.39 is 0 Å². The van der Waals surface area contributed by atoms with Crippen molar-refractivity contribution in [3.05, 3.63) is 24.0 Å². The Labute approximate surface area is 124 Å². The van der Waals surface area contributed by atoms with Gasteiger partial charge in [0.2, 0.25) is 0 Å². The second-order valence-electron chi connectivity index (χ2n) is 4.85. The predicted octanol–water partition coefficient (Wildman–Crippen LogP) is 4.15. The summed E-state index contributed by atoms with van der Waals surface area (Å²) >= 11 is 1.72. The SMILES string of the molecule is CCC(CC)C1CN=C(Nc2cc(OC)ccc2F)S1. The third-order valence-electron chi connectivity index (χ3n) is 3.67. The molecule has 0 aromatic heterocycles. The molecular weight excluding hydrogens is 275 g/mol. The molecule has 0 saturated heterocycles. The number of hydrogen-bond donors (Lipinski definition) is 1. The molecule has 0 saturated carbocycles. The average molecular weight is 296 g/mol. The quantitative estimate of drug-likeness (QED) is 0.886. The van der Waals surface area contributed by atoms with Crippen LogP contribution in [0.4, 0.5) is 10.1 Å². The standard InChI is InChI=1S/C15H21FN2OS/c1-4-10(5-2)14-9-17-15(20-14)18-13-8-11(19-3)6-7-12(13)16/h6-8,10,14H,4-5,9H2,1-3H3,(H,17,18). The largest absolute Gasteiger partial charge is 0.497 e. The second-order valence-corrected chi connectivity index (χ2v) is 6.08. The van der Waals surface area contributed by atoms with E-state index in [1.807, 2.05) is 0 Å². The van der Waals surface area contributed by atoms with Crippen LogP contribution in [0.15, 0.2) is 23.2 Å². The Morgan fingerprint density at radius 3 is 2.85 bits per heavy atom.